The number of hydrogen-bond donors (Lipinski definition) is 1. The van der Waals surface area contributed by atoms with Gasteiger partial charge in [0.1, 0.15) is 5.82 Å². The van der Waals surface area contributed by atoms with Crippen LogP contribution in [0.2, 0.25) is 5.02 Å². The molecule has 2 aromatic carbocycles. The third-order valence-corrected chi connectivity index (χ3v) is 5.82. The summed E-state index contributed by atoms with van der Waals surface area (Å²) in [5.74, 6) is 0.539. The molecule has 0 fully saturated rings. The summed E-state index contributed by atoms with van der Waals surface area (Å²) in [6.45, 7) is 6.87. The lowest BCUT2D eigenvalue weighted by atomic mass is 10.1. The number of benzene rings is 2. The first-order valence-corrected chi connectivity index (χ1v) is 11.6. The van der Waals surface area contributed by atoms with E-state index in [9.17, 15) is 9.59 Å². The van der Waals surface area contributed by atoms with E-state index in [1.54, 1.807) is 51.9 Å². The molecule has 1 N–H and O–H groups in total. The topological polar surface area (TPSA) is 91.0 Å². The minimum Gasteiger partial charge on any atom is -0.314 e. The molecule has 3 aromatic rings. The first-order valence-electron chi connectivity index (χ1n) is 11.2. The number of unbranched alkanes of at least 4 members (excludes halogenated alkanes) is 1. The highest BCUT2D eigenvalue weighted by Gasteiger charge is 2.28. The van der Waals surface area contributed by atoms with Crippen LogP contribution in [-0.2, 0) is 6.54 Å². The fourth-order valence-corrected chi connectivity index (χ4v) is 4.07. The first kappa shape index (κ1) is 24.3. The summed E-state index contributed by atoms with van der Waals surface area (Å²) in [5.41, 5.74) is 1.38. The number of fused-ring (bicyclic) bond motifs is 1. The number of nitrogens with one attached hydrogen (secondary N) is 1. The summed E-state index contributed by atoms with van der Waals surface area (Å²) in [7, 11) is 0. The molecule has 2 amide bonds. The molecule has 0 aliphatic carbocycles. The number of aromatic nitrogens is 2. The Bertz CT molecular complexity index is 1250. The zero-order valence-corrected chi connectivity index (χ0v) is 19.9. The summed E-state index contributed by atoms with van der Waals surface area (Å²) in [4.78, 5) is 33.1. The number of carbonyl (C=O) groups excluding carboxylic acids is 1. The van der Waals surface area contributed by atoms with Crippen molar-refractivity contribution in [1.82, 2.24) is 14.5 Å². The molecule has 0 bridgehead atoms. The Balaban J connectivity index is 2.07. The Labute approximate surface area is 198 Å². The number of hydrogen-bond acceptors (Lipinski definition) is 4. The van der Waals surface area contributed by atoms with Gasteiger partial charge in [-0.25, -0.2) is 9.78 Å². The summed E-state index contributed by atoms with van der Waals surface area (Å²) in [6, 6.07) is 13.2. The molecule has 0 aliphatic heterocycles. The van der Waals surface area contributed by atoms with Gasteiger partial charge in [0.05, 0.1) is 28.6 Å². The van der Waals surface area contributed by atoms with Crippen molar-refractivity contribution < 1.29 is 4.79 Å². The van der Waals surface area contributed by atoms with Crippen molar-refractivity contribution in [2.24, 2.45) is 0 Å². The molecule has 3 rings (SSSR count). The number of anilines is 1. The maximum absolute atomic E-state index is 13.4. The molecule has 0 saturated heterocycles. The van der Waals surface area contributed by atoms with Gasteiger partial charge >= 0.3 is 6.03 Å². The van der Waals surface area contributed by atoms with Crippen molar-refractivity contribution in [3.05, 3.63) is 69.2 Å². The minimum absolute atomic E-state index is 0.148. The van der Waals surface area contributed by atoms with Gasteiger partial charge < -0.3 is 10.2 Å². The Hall–Kier alpha value is -3.37. The van der Waals surface area contributed by atoms with Crippen LogP contribution in [0.4, 0.5) is 10.5 Å². The average Bonchev–Trinajstić information content (AvgIpc) is 2.81. The number of rotatable bonds is 8. The normalized spacial score (nSPS) is 11.7. The maximum atomic E-state index is 13.4. The fourth-order valence-electron chi connectivity index (χ4n) is 3.90. The van der Waals surface area contributed by atoms with Crippen LogP contribution in [-0.4, -0.2) is 27.0 Å². The van der Waals surface area contributed by atoms with Crippen LogP contribution in [0.15, 0.2) is 47.3 Å². The van der Waals surface area contributed by atoms with Gasteiger partial charge in [-0.05, 0) is 56.2 Å². The van der Waals surface area contributed by atoms with E-state index in [4.69, 9.17) is 21.8 Å². The molecule has 1 heterocycles. The van der Waals surface area contributed by atoms with Gasteiger partial charge in [-0.3, -0.25) is 9.36 Å². The Morgan fingerprint density at radius 2 is 2.03 bits per heavy atom. The Kier molecular flexibility index (Phi) is 8.07. The maximum Gasteiger partial charge on any atom is 0.322 e. The van der Waals surface area contributed by atoms with Gasteiger partial charge in [-0.2, -0.15) is 5.26 Å². The fraction of sp³-hybridized carbons (Fsp3) is 0.360. The predicted molar refractivity (Wildman–Crippen MR) is 132 cm³/mol. The lowest BCUT2D eigenvalue weighted by Gasteiger charge is -2.32. The van der Waals surface area contributed by atoms with Crippen molar-refractivity contribution in [3.63, 3.8) is 0 Å². The number of nitriles is 1. The number of carbonyl (C=O) groups is 1. The second-order valence-corrected chi connectivity index (χ2v) is 8.21. The molecule has 172 valence electrons. The molecule has 0 radical (unpaired) electrons. The largest absolute Gasteiger partial charge is 0.322 e. The van der Waals surface area contributed by atoms with Crippen molar-refractivity contribution in [2.45, 2.75) is 52.6 Å². The van der Waals surface area contributed by atoms with Crippen molar-refractivity contribution >= 4 is 34.2 Å². The van der Waals surface area contributed by atoms with E-state index in [1.807, 2.05) is 13.8 Å². The van der Waals surface area contributed by atoms with Gasteiger partial charge in [0, 0.05) is 23.8 Å². The van der Waals surface area contributed by atoms with Crippen LogP contribution < -0.4 is 10.9 Å². The highest BCUT2D eigenvalue weighted by atomic mass is 35.5. The summed E-state index contributed by atoms with van der Waals surface area (Å²) in [6.07, 6.45) is 2.29. The molecular weight excluding hydrogens is 438 g/mol. The molecule has 33 heavy (non-hydrogen) atoms. The summed E-state index contributed by atoms with van der Waals surface area (Å²) >= 11 is 6.16. The highest BCUT2D eigenvalue weighted by molar-refractivity contribution is 6.31. The van der Waals surface area contributed by atoms with Crippen LogP contribution in [0.5, 0.6) is 0 Å². The zero-order chi connectivity index (χ0) is 24.0. The van der Waals surface area contributed by atoms with Crippen LogP contribution in [0, 0.1) is 11.3 Å². The Morgan fingerprint density at radius 1 is 1.24 bits per heavy atom. The van der Waals surface area contributed by atoms with Gasteiger partial charge in [0.25, 0.3) is 5.56 Å². The first-order chi connectivity index (χ1) is 15.9. The Morgan fingerprint density at radius 3 is 2.70 bits per heavy atom. The third-order valence-electron chi connectivity index (χ3n) is 5.58. The molecule has 1 aromatic heterocycles. The molecular formula is C25H28ClN5O2. The van der Waals surface area contributed by atoms with Gasteiger partial charge in [0.15, 0.2) is 0 Å². The molecule has 0 aliphatic rings. The van der Waals surface area contributed by atoms with Gasteiger partial charge in [-0.15, -0.1) is 0 Å². The average molecular weight is 466 g/mol. The number of amides is 2. The van der Waals surface area contributed by atoms with E-state index < -0.39 is 6.04 Å². The third kappa shape index (κ3) is 5.35. The quantitative estimate of drug-likeness (QED) is 0.460. The van der Waals surface area contributed by atoms with Gasteiger partial charge in [0.2, 0.25) is 0 Å². The van der Waals surface area contributed by atoms with Crippen molar-refractivity contribution in [3.8, 4) is 6.07 Å². The molecule has 0 saturated carbocycles. The van der Waals surface area contributed by atoms with Gasteiger partial charge in [-0.1, -0.05) is 37.9 Å². The standard InChI is InChI=1S/C25H28ClN5O2/c1-4-7-13-31(25(33)28-19-10-8-9-17(14-19)16-27)22(5-2)23-29-21-15-18(26)11-12-20(21)24(32)30(23)6-3/h8-12,14-15,22H,4-7,13H2,1-3H3,(H,28,33). The SMILES string of the molecule is CCCCN(C(=O)Nc1cccc(C#N)c1)C(CC)c1nc2cc(Cl)ccc2c(=O)n1CC. The van der Waals surface area contributed by atoms with Crippen molar-refractivity contribution in [1.29, 1.82) is 5.26 Å². The second-order valence-electron chi connectivity index (χ2n) is 7.77. The van der Waals surface area contributed by atoms with Crippen LogP contribution >= 0.6 is 11.6 Å². The minimum atomic E-state index is -0.410. The molecule has 7 nitrogen and oxygen atoms in total. The van der Waals surface area contributed by atoms with E-state index in [-0.39, 0.29) is 11.6 Å². The highest BCUT2D eigenvalue weighted by Crippen LogP contribution is 2.26. The van der Waals surface area contributed by atoms with E-state index >= 15 is 0 Å². The molecule has 1 atom stereocenters. The predicted octanol–water partition coefficient (Wildman–Crippen LogP) is 5.73. The van der Waals surface area contributed by atoms with Crippen LogP contribution in [0.25, 0.3) is 10.9 Å². The smallest absolute Gasteiger partial charge is 0.314 e. The lowest BCUT2D eigenvalue weighted by Crippen LogP contribution is -2.41. The molecule has 0 spiro atoms. The van der Waals surface area contributed by atoms with E-state index in [0.29, 0.717) is 52.5 Å². The van der Waals surface area contributed by atoms with Crippen molar-refractivity contribution in [2.75, 3.05) is 11.9 Å². The molecule has 1 unspecified atom stereocenters. The summed E-state index contributed by atoms with van der Waals surface area (Å²) < 4.78 is 1.63. The lowest BCUT2D eigenvalue weighted by molar-refractivity contribution is 0.178. The zero-order valence-electron chi connectivity index (χ0n) is 19.1. The molecule has 8 heteroatoms. The van der Waals surface area contributed by atoms with E-state index in [2.05, 4.69) is 18.3 Å². The second kappa shape index (κ2) is 11.0. The monoisotopic (exact) mass is 465 g/mol. The van der Waals surface area contributed by atoms with E-state index in [0.717, 1.165) is 12.8 Å². The number of halogens is 1. The van der Waals surface area contributed by atoms with Crippen LogP contribution in [0.3, 0.4) is 0 Å². The summed E-state index contributed by atoms with van der Waals surface area (Å²) in [5, 5.41) is 13.1. The number of nitrogens with zero attached hydrogens (tertiary/aromatic N) is 4. The van der Waals surface area contributed by atoms with E-state index in [1.165, 1.54) is 0 Å². The van der Waals surface area contributed by atoms with Crippen LogP contribution in [0.1, 0.15) is 57.5 Å². The number of urea groups is 1.